The van der Waals surface area contributed by atoms with Crippen LogP contribution in [0.15, 0.2) is 67.3 Å². The lowest BCUT2D eigenvalue weighted by atomic mass is 9.82. The molecule has 218 valence electrons. The Morgan fingerprint density at radius 3 is 2.34 bits per heavy atom. The van der Waals surface area contributed by atoms with Crippen LogP contribution in [0, 0.1) is 29.2 Å². The molecule has 1 aliphatic carbocycles. The number of unbranched alkanes of at least 4 members (excludes halogenated alkanes) is 1. The Morgan fingerprint density at radius 2 is 1.66 bits per heavy atom. The lowest BCUT2D eigenvalue weighted by Crippen LogP contribution is -2.22. The number of allylic oxidation sites excluding steroid dienone is 3. The fourth-order valence-corrected chi connectivity index (χ4v) is 5.42. The van der Waals surface area contributed by atoms with E-state index in [9.17, 15) is 13.9 Å². The molecule has 0 saturated carbocycles. The van der Waals surface area contributed by atoms with Crippen LogP contribution in [0.2, 0.25) is 0 Å². The van der Waals surface area contributed by atoms with Gasteiger partial charge in [0.25, 0.3) is 0 Å². The number of halogens is 4. The van der Waals surface area contributed by atoms with E-state index < -0.39 is 23.3 Å². The number of hydrogen-bond acceptors (Lipinski definition) is 2. The largest absolute Gasteiger partial charge is 0.490 e. The highest BCUT2D eigenvalue weighted by atomic mass is 19.2. The third-order valence-electron chi connectivity index (χ3n) is 7.89. The van der Waals surface area contributed by atoms with Gasteiger partial charge in [0.15, 0.2) is 23.2 Å². The van der Waals surface area contributed by atoms with E-state index in [0.717, 1.165) is 36.8 Å². The number of benzene rings is 3. The summed E-state index contributed by atoms with van der Waals surface area (Å²) in [6, 6.07) is 13.2. The van der Waals surface area contributed by atoms with E-state index in [1.165, 1.54) is 12.1 Å². The van der Waals surface area contributed by atoms with Gasteiger partial charge in [-0.05, 0) is 91.7 Å². The second-order valence-corrected chi connectivity index (χ2v) is 10.7. The third kappa shape index (κ3) is 7.48. The number of aliphatic hydroxyl groups is 1. The molecule has 0 fully saturated rings. The summed E-state index contributed by atoms with van der Waals surface area (Å²) in [6.45, 7) is 5.93. The minimum Gasteiger partial charge on any atom is -0.490 e. The zero-order chi connectivity index (χ0) is 29.4. The topological polar surface area (TPSA) is 29.5 Å². The molecule has 1 aliphatic rings. The quantitative estimate of drug-likeness (QED) is 0.127. The first kappa shape index (κ1) is 30.6. The fraction of sp³-hybridized carbons (Fsp3) is 0.371. The van der Waals surface area contributed by atoms with Gasteiger partial charge in [-0.1, -0.05) is 61.9 Å². The molecule has 41 heavy (non-hydrogen) atoms. The van der Waals surface area contributed by atoms with E-state index in [2.05, 4.69) is 6.58 Å². The van der Waals surface area contributed by atoms with Gasteiger partial charge in [0.1, 0.15) is 0 Å². The van der Waals surface area contributed by atoms with E-state index in [1.54, 1.807) is 42.5 Å². The highest BCUT2D eigenvalue weighted by Crippen LogP contribution is 2.35. The molecule has 2 atom stereocenters. The van der Waals surface area contributed by atoms with Crippen LogP contribution in [0.4, 0.5) is 17.6 Å². The first-order valence-corrected chi connectivity index (χ1v) is 14.5. The van der Waals surface area contributed by atoms with Crippen molar-refractivity contribution in [3.05, 3.63) is 107 Å². The van der Waals surface area contributed by atoms with E-state index in [0.29, 0.717) is 48.8 Å². The van der Waals surface area contributed by atoms with Gasteiger partial charge in [-0.2, -0.15) is 4.39 Å². The first-order valence-electron chi connectivity index (χ1n) is 14.5. The van der Waals surface area contributed by atoms with Gasteiger partial charge in [0.2, 0.25) is 5.82 Å². The molecular formula is C35H38F4O2. The van der Waals surface area contributed by atoms with Crippen molar-refractivity contribution in [1.82, 2.24) is 0 Å². The number of aryl methyl sites for hydroxylation is 2. The van der Waals surface area contributed by atoms with E-state index in [1.807, 2.05) is 13.0 Å². The van der Waals surface area contributed by atoms with Crippen molar-refractivity contribution in [2.75, 3.05) is 6.61 Å². The predicted molar refractivity (Wildman–Crippen MR) is 157 cm³/mol. The van der Waals surface area contributed by atoms with Gasteiger partial charge in [-0.15, -0.1) is 6.58 Å². The van der Waals surface area contributed by atoms with Crippen LogP contribution in [-0.4, -0.2) is 17.8 Å². The van der Waals surface area contributed by atoms with Crippen LogP contribution in [-0.2, 0) is 12.8 Å². The molecule has 0 spiro atoms. The van der Waals surface area contributed by atoms with Crippen molar-refractivity contribution >= 4 is 5.57 Å². The lowest BCUT2D eigenvalue weighted by Gasteiger charge is -2.26. The molecule has 1 N–H and O–H groups in total. The summed E-state index contributed by atoms with van der Waals surface area (Å²) in [5, 5.41) is 10.3. The van der Waals surface area contributed by atoms with Crippen molar-refractivity contribution in [3.8, 4) is 16.9 Å². The Bertz CT molecular complexity index is 1360. The summed E-state index contributed by atoms with van der Waals surface area (Å²) >= 11 is 0. The Balaban J connectivity index is 1.38. The Morgan fingerprint density at radius 1 is 0.927 bits per heavy atom. The molecule has 0 aliphatic heterocycles. The summed E-state index contributed by atoms with van der Waals surface area (Å²) in [6.07, 6.45) is 9.19. The standard InChI is InChI=1S/C35H38F4O2/c1-3-5-6-22-41-31-21-20-29(34(38)35(31)39)24-11-8-23(9-12-24)10-13-27-18-19-28(33(37)32(27)36)25-14-16-26(17-15-25)30(40)7-4-2/h3,8-9,11-12,14,18-21,26,30,40H,1,4-7,10,13,15-17,22H2,2H3. The number of aliphatic hydroxyl groups excluding tert-OH is 1. The van der Waals surface area contributed by atoms with Crippen molar-refractivity contribution in [1.29, 1.82) is 0 Å². The highest BCUT2D eigenvalue weighted by Gasteiger charge is 2.24. The van der Waals surface area contributed by atoms with Crippen LogP contribution in [0.1, 0.15) is 68.6 Å². The molecule has 2 nitrogen and oxygen atoms in total. The summed E-state index contributed by atoms with van der Waals surface area (Å²) in [7, 11) is 0. The van der Waals surface area contributed by atoms with Gasteiger partial charge in [-0.3, -0.25) is 0 Å². The molecule has 0 bridgehead atoms. The Kier molecular flexibility index (Phi) is 10.8. The summed E-state index contributed by atoms with van der Waals surface area (Å²) in [5.41, 5.74) is 2.88. The van der Waals surface area contributed by atoms with Crippen LogP contribution in [0.5, 0.6) is 5.75 Å². The predicted octanol–water partition coefficient (Wildman–Crippen LogP) is 9.38. The van der Waals surface area contributed by atoms with Crippen LogP contribution in [0.25, 0.3) is 16.7 Å². The van der Waals surface area contributed by atoms with Crippen molar-refractivity contribution in [3.63, 3.8) is 0 Å². The van der Waals surface area contributed by atoms with Crippen LogP contribution >= 0.6 is 0 Å². The average molecular weight is 567 g/mol. The van der Waals surface area contributed by atoms with Gasteiger partial charge in [0, 0.05) is 11.1 Å². The van der Waals surface area contributed by atoms with Crippen molar-refractivity contribution in [2.45, 2.75) is 70.8 Å². The van der Waals surface area contributed by atoms with E-state index in [-0.39, 0.29) is 29.9 Å². The molecule has 0 heterocycles. The van der Waals surface area contributed by atoms with Crippen LogP contribution in [0.3, 0.4) is 0 Å². The molecule has 2 unspecified atom stereocenters. The molecule has 3 aromatic carbocycles. The monoisotopic (exact) mass is 566 g/mol. The maximum absolute atomic E-state index is 15.0. The normalized spacial score (nSPS) is 15.9. The minimum absolute atomic E-state index is 0.123. The smallest absolute Gasteiger partial charge is 0.201 e. The van der Waals surface area contributed by atoms with Crippen molar-refractivity contribution in [2.24, 2.45) is 5.92 Å². The van der Waals surface area contributed by atoms with Gasteiger partial charge in [0.05, 0.1) is 12.7 Å². The number of rotatable bonds is 13. The molecule has 0 amide bonds. The van der Waals surface area contributed by atoms with Gasteiger partial charge in [-0.25, -0.2) is 13.2 Å². The number of hydrogen-bond donors (Lipinski definition) is 1. The molecule has 0 saturated heterocycles. The Hall–Kier alpha value is -3.38. The fourth-order valence-electron chi connectivity index (χ4n) is 5.42. The van der Waals surface area contributed by atoms with Gasteiger partial charge < -0.3 is 9.84 Å². The molecule has 0 aromatic heterocycles. The zero-order valence-electron chi connectivity index (χ0n) is 23.6. The number of ether oxygens (including phenoxy) is 1. The summed E-state index contributed by atoms with van der Waals surface area (Å²) in [5.74, 6) is -3.62. The zero-order valence-corrected chi connectivity index (χ0v) is 23.6. The van der Waals surface area contributed by atoms with Crippen LogP contribution < -0.4 is 4.74 Å². The lowest BCUT2D eigenvalue weighted by molar-refractivity contribution is 0.0934. The first-order chi connectivity index (χ1) is 19.8. The Labute approximate surface area is 240 Å². The second-order valence-electron chi connectivity index (χ2n) is 10.7. The summed E-state index contributed by atoms with van der Waals surface area (Å²) < 4.78 is 64.7. The van der Waals surface area contributed by atoms with Gasteiger partial charge >= 0.3 is 0 Å². The molecule has 3 aromatic rings. The molecule has 6 heteroatoms. The van der Waals surface area contributed by atoms with E-state index >= 15 is 8.78 Å². The molecular weight excluding hydrogens is 528 g/mol. The SMILES string of the molecule is C=CCCCOc1ccc(-c2ccc(CCc3ccc(C4=CCC(C(O)CCC)CC4)c(F)c3F)cc2)c(F)c1F. The maximum Gasteiger partial charge on any atom is 0.201 e. The van der Waals surface area contributed by atoms with Crippen molar-refractivity contribution < 1.29 is 27.4 Å². The summed E-state index contributed by atoms with van der Waals surface area (Å²) in [4.78, 5) is 0. The van der Waals surface area contributed by atoms with E-state index in [4.69, 9.17) is 4.74 Å². The highest BCUT2D eigenvalue weighted by molar-refractivity contribution is 5.67. The average Bonchev–Trinajstić information content (AvgIpc) is 2.99. The molecule has 0 radical (unpaired) electrons. The second kappa shape index (κ2) is 14.5. The third-order valence-corrected chi connectivity index (χ3v) is 7.89. The minimum atomic E-state index is -1.02. The molecule has 4 rings (SSSR count). The maximum atomic E-state index is 15.0.